The van der Waals surface area contributed by atoms with E-state index in [4.69, 9.17) is 5.73 Å². The Balaban J connectivity index is 0.000000492. The Morgan fingerprint density at radius 1 is 0.806 bits per heavy atom. The minimum Gasteiger partial charge on any atom is -0.399 e. The summed E-state index contributed by atoms with van der Waals surface area (Å²) in [6, 6.07) is 8.56. The number of nitrogen functional groups attached to an aromatic ring is 1. The third-order valence-electron chi connectivity index (χ3n) is 2.71. The van der Waals surface area contributed by atoms with E-state index in [-0.39, 0.29) is 11.4 Å². The molecule has 176 valence electrons. The topological polar surface area (TPSA) is 106 Å². The van der Waals surface area contributed by atoms with Gasteiger partial charge in [-0.05, 0) is 36.4 Å². The highest BCUT2D eigenvalue weighted by Crippen LogP contribution is 2.31. The first-order chi connectivity index (χ1) is 13.7. The van der Waals surface area contributed by atoms with Gasteiger partial charge in [0.1, 0.15) is 0 Å². The third kappa shape index (κ3) is 15.3. The van der Waals surface area contributed by atoms with E-state index in [0.717, 1.165) is 42.8 Å². The zero-order chi connectivity index (χ0) is 24.7. The van der Waals surface area contributed by atoms with Gasteiger partial charge in [0.05, 0.1) is 23.6 Å². The number of sulfonamides is 1. The minimum absolute atomic E-state index is 0.104. The van der Waals surface area contributed by atoms with Crippen LogP contribution in [0.1, 0.15) is 11.1 Å². The second-order valence-electron chi connectivity index (χ2n) is 5.76. The van der Waals surface area contributed by atoms with E-state index in [0.29, 0.717) is 0 Å². The lowest BCUT2D eigenvalue weighted by Crippen LogP contribution is -2.11. The molecule has 0 spiro atoms. The maximum atomic E-state index is 12.2. The van der Waals surface area contributed by atoms with Gasteiger partial charge in [-0.15, -0.1) is 0 Å². The highest BCUT2D eigenvalue weighted by molar-refractivity contribution is 8.13. The Labute approximate surface area is 179 Å². The Bertz CT molecular complexity index is 1060. The molecular weight excluding hydrogens is 498 g/mol. The number of anilines is 2. The summed E-state index contributed by atoms with van der Waals surface area (Å²) in [6.45, 7) is 0. The number of nitrogens with two attached hydrogens (primary N) is 1. The minimum atomic E-state index is -4.48. The molecular formula is C16H17ClF6N2O4S2. The normalized spacial score (nSPS) is 12.0. The van der Waals surface area contributed by atoms with Gasteiger partial charge in [0.15, 0.2) is 0 Å². The second-order valence-corrected chi connectivity index (χ2v) is 10.6. The predicted octanol–water partition coefficient (Wildman–Crippen LogP) is 4.55. The zero-order valence-electron chi connectivity index (χ0n) is 15.8. The van der Waals surface area contributed by atoms with Crippen LogP contribution in [0.15, 0.2) is 48.5 Å². The summed E-state index contributed by atoms with van der Waals surface area (Å²) >= 11 is 0. The van der Waals surface area contributed by atoms with E-state index in [9.17, 15) is 43.2 Å². The summed E-state index contributed by atoms with van der Waals surface area (Å²) in [5, 5.41) is 0. The van der Waals surface area contributed by atoms with Crippen LogP contribution in [0.25, 0.3) is 0 Å². The average Bonchev–Trinajstić information content (AvgIpc) is 2.51. The van der Waals surface area contributed by atoms with Crippen LogP contribution in [0, 0.1) is 0 Å². The van der Waals surface area contributed by atoms with Crippen LogP contribution in [0.4, 0.5) is 37.7 Å². The Morgan fingerprint density at radius 2 is 1.19 bits per heavy atom. The molecule has 0 fully saturated rings. The van der Waals surface area contributed by atoms with Crippen molar-refractivity contribution >= 4 is 41.1 Å². The first-order valence-electron chi connectivity index (χ1n) is 7.66. The molecule has 0 bridgehead atoms. The fourth-order valence-electron chi connectivity index (χ4n) is 1.69. The van der Waals surface area contributed by atoms with Crippen molar-refractivity contribution in [3.05, 3.63) is 59.7 Å². The molecule has 15 heteroatoms. The zero-order valence-corrected chi connectivity index (χ0v) is 18.2. The highest BCUT2D eigenvalue weighted by Gasteiger charge is 2.31. The van der Waals surface area contributed by atoms with Crippen LogP contribution in [0.5, 0.6) is 0 Å². The molecule has 0 atom stereocenters. The molecule has 2 aromatic rings. The molecule has 0 saturated heterocycles. The quantitative estimate of drug-likeness (QED) is 0.347. The van der Waals surface area contributed by atoms with Crippen LogP contribution >= 0.6 is 10.7 Å². The van der Waals surface area contributed by atoms with E-state index >= 15 is 0 Å². The van der Waals surface area contributed by atoms with Crippen molar-refractivity contribution in [3.63, 3.8) is 0 Å². The van der Waals surface area contributed by atoms with Gasteiger partial charge in [-0.1, -0.05) is 12.1 Å². The average molecular weight is 515 g/mol. The molecule has 2 aromatic carbocycles. The lowest BCUT2D eigenvalue weighted by Gasteiger charge is -2.09. The molecule has 0 radical (unpaired) electrons. The van der Waals surface area contributed by atoms with Crippen molar-refractivity contribution in [3.8, 4) is 0 Å². The van der Waals surface area contributed by atoms with Gasteiger partial charge >= 0.3 is 12.4 Å². The van der Waals surface area contributed by atoms with Crippen molar-refractivity contribution in [2.45, 2.75) is 12.4 Å². The summed E-state index contributed by atoms with van der Waals surface area (Å²) in [5.74, 6) is 0. The maximum Gasteiger partial charge on any atom is 0.416 e. The Hall–Kier alpha value is -2.19. The summed E-state index contributed by atoms with van der Waals surface area (Å²) in [6.07, 6.45) is -6.98. The lowest BCUT2D eigenvalue weighted by atomic mass is 10.2. The van der Waals surface area contributed by atoms with Crippen molar-refractivity contribution in [1.82, 2.24) is 0 Å². The summed E-state index contributed by atoms with van der Waals surface area (Å²) in [5.41, 5.74) is 3.57. The van der Waals surface area contributed by atoms with E-state index in [2.05, 4.69) is 10.7 Å². The van der Waals surface area contributed by atoms with E-state index in [1.807, 2.05) is 4.72 Å². The van der Waals surface area contributed by atoms with E-state index in [1.165, 1.54) is 18.2 Å². The molecule has 0 aliphatic carbocycles. The molecule has 0 aromatic heterocycles. The van der Waals surface area contributed by atoms with Crippen molar-refractivity contribution in [2.75, 3.05) is 23.0 Å². The number of alkyl halides is 6. The SMILES string of the molecule is CS(=O)(=O)Cl.CS(=O)(=O)Nc1cccc(C(F)(F)F)c1.Nc1cccc(C(F)(F)F)c1. The number of halogens is 7. The number of rotatable bonds is 2. The molecule has 0 unspecified atom stereocenters. The summed E-state index contributed by atoms with van der Waals surface area (Å²) in [7, 11) is -2.25. The Kier molecular flexibility index (Phi) is 10.1. The van der Waals surface area contributed by atoms with Gasteiger partial charge in [-0.2, -0.15) is 26.3 Å². The Morgan fingerprint density at radius 3 is 1.52 bits per heavy atom. The first kappa shape index (κ1) is 28.8. The second kappa shape index (κ2) is 10.9. The van der Waals surface area contributed by atoms with Gasteiger partial charge in [0.2, 0.25) is 19.1 Å². The standard InChI is InChI=1S/C8H8F3NO2S.C7H6F3N.CH3ClO2S/c1-15(13,14)12-7-4-2-3-6(5-7)8(9,10)11;8-7(9,10)5-2-1-3-6(11)4-5;1-5(2,3)4/h2-5,12H,1H3;1-4H,11H2;1H3. The predicted molar refractivity (Wildman–Crippen MR) is 106 cm³/mol. The number of benzene rings is 2. The molecule has 6 nitrogen and oxygen atoms in total. The summed E-state index contributed by atoms with van der Waals surface area (Å²) in [4.78, 5) is 0. The molecule has 0 saturated carbocycles. The smallest absolute Gasteiger partial charge is 0.399 e. The van der Waals surface area contributed by atoms with Gasteiger partial charge in [-0.3, -0.25) is 4.72 Å². The fraction of sp³-hybridized carbons (Fsp3) is 0.250. The number of nitrogens with one attached hydrogen (secondary N) is 1. The molecule has 0 aliphatic rings. The molecule has 0 amide bonds. The molecule has 2 rings (SSSR count). The van der Waals surface area contributed by atoms with Crippen molar-refractivity contribution in [1.29, 1.82) is 0 Å². The summed E-state index contributed by atoms with van der Waals surface area (Å²) < 4.78 is 115. The first-order valence-corrected chi connectivity index (χ1v) is 12.3. The lowest BCUT2D eigenvalue weighted by molar-refractivity contribution is -0.138. The van der Waals surface area contributed by atoms with Crippen LogP contribution in [-0.4, -0.2) is 29.3 Å². The van der Waals surface area contributed by atoms with Crippen LogP contribution in [0.3, 0.4) is 0 Å². The van der Waals surface area contributed by atoms with Gasteiger partial charge in [0, 0.05) is 22.1 Å². The van der Waals surface area contributed by atoms with Crippen molar-refractivity contribution in [2.24, 2.45) is 0 Å². The van der Waals surface area contributed by atoms with E-state index in [1.54, 1.807) is 0 Å². The highest BCUT2D eigenvalue weighted by atomic mass is 35.7. The molecule has 31 heavy (non-hydrogen) atoms. The third-order valence-corrected chi connectivity index (χ3v) is 3.31. The van der Waals surface area contributed by atoms with Crippen LogP contribution in [0.2, 0.25) is 0 Å². The number of hydrogen-bond donors (Lipinski definition) is 2. The molecule has 0 heterocycles. The monoisotopic (exact) mass is 514 g/mol. The largest absolute Gasteiger partial charge is 0.416 e. The van der Waals surface area contributed by atoms with Crippen molar-refractivity contribution < 1.29 is 43.2 Å². The number of hydrogen-bond acceptors (Lipinski definition) is 5. The van der Waals surface area contributed by atoms with E-state index < -0.39 is 42.6 Å². The van der Waals surface area contributed by atoms with Crippen LogP contribution in [-0.2, 0) is 31.4 Å². The van der Waals surface area contributed by atoms with Crippen LogP contribution < -0.4 is 10.5 Å². The van der Waals surface area contributed by atoms with Gasteiger partial charge in [-0.25, -0.2) is 16.8 Å². The molecule has 0 aliphatic heterocycles. The fourth-order valence-corrected chi connectivity index (χ4v) is 2.24. The maximum absolute atomic E-state index is 12.2. The van der Waals surface area contributed by atoms with Gasteiger partial charge < -0.3 is 5.73 Å². The molecule has 3 N–H and O–H groups in total. The van der Waals surface area contributed by atoms with Gasteiger partial charge in [0.25, 0.3) is 0 Å².